The lowest BCUT2D eigenvalue weighted by Crippen LogP contribution is -2.12. The minimum atomic E-state index is 0.250. The van der Waals surface area contributed by atoms with Gasteiger partial charge in [-0.05, 0) is 32.4 Å². The summed E-state index contributed by atoms with van der Waals surface area (Å²) in [5.74, 6) is 0.969. The molecule has 0 spiro atoms. The maximum absolute atomic E-state index is 6.14. The van der Waals surface area contributed by atoms with E-state index in [1.165, 1.54) is 0 Å². The first-order valence-electron chi connectivity index (χ1n) is 6.14. The van der Waals surface area contributed by atoms with Crippen molar-refractivity contribution in [2.24, 2.45) is 0 Å². The average molecular weight is 277 g/mol. The van der Waals surface area contributed by atoms with Crippen molar-refractivity contribution in [3.05, 3.63) is 34.9 Å². The summed E-state index contributed by atoms with van der Waals surface area (Å²) < 4.78 is 0. The highest BCUT2D eigenvalue weighted by Gasteiger charge is 2.09. The van der Waals surface area contributed by atoms with Crippen molar-refractivity contribution in [1.29, 1.82) is 0 Å². The third-order valence-electron chi connectivity index (χ3n) is 2.72. The Balaban J connectivity index is 2.50. The summed E-state index contributed by atoms with van der Waals surface area (Å²) in [5, 5.41) is 3.94. The van der Waals surface area contributed by atoms with Crippen LogP contribution in [-0.4, -0.2) is 16.0 Å². The fourth-order valence-electron chi connectivity index (χ4n) is 1.86. The van der Waals surface area contributed by atoms with Crippen molar-refractivity contribution in [2.45, 2.75) is 26.8 Å². The van der Waals surface area contributed by atoms with Crippen LogP contribution in [-0.2, 0) is 0 Å². The minimum absolute atomic E-state index is 0.250. The molecule has 0 aliphatic heterocycles. The standard InChI is InChI=1S/C14H17ClN4/c1-8(2)17-13-7-12(18-14(16)19-13)10-5-4-6-11(15)9(10)3/h4-8H,1-3H3,(H3,16,17,18,19). The third kappa shape index (κ3) is 3.15. The number of halogens is 1. The molecule has 1 aromatic heterocycles. The summed E-state index contributed by atoms with van der Waals surface area (Å²) in [4.78, 5) is 8.46. The largest absolute Gasteiger partial charge is 0.368 e. The lowest BCUT2D eigenvalue weighted by Gasteiger charge is -2.12. The number of nitrogens with zero attached hydrogens (tertiary/aromatic N) is 2. The summed E-state index contributed by atoms with van der Waals surface area (Å²) in [5.41, 5.74) is 8.49. The van der Waals surface area contributed by atoms with Crippen molar-refractivity contribution < 1.29 is 0 Å². The second-order valence-electron chi connectivity index (χ2n) is 4.71. The predicted octanol–water partition coefficient (Wildman–Crippen LogP) is 3.51. The van der Waals surface area contributed by atoms with E-state index in [0.717, 1.165) is 22.6 Å². The van der Waals surface area contributed by atoms with Crippen molar-refractivity contribution in [1.82, 2.24) is 9.97 Å². The topological polar surface area (TPSA) is 63.8 Å². The van der Waals surface area contributed by atoms with E-state index in [1.54, 1.807) is 0 Å². The molecule has 0 aliphatic carbocycles. The lowest BCUT2D eigenvalue weighted by atomic mass is 10.1. The van der Waals surface area contributed by atoms with E-state index in [1.807, 2.05) is 45.0 Å². The Kier molecular flexibility index (Phi) is 3.90. The number of hydrogen-bond donors (Lipinski definition) is 2. The monoisotopic (exact) mass is 276 g/mol. The molecule has 5 heteroatoms. The van der Waals surface area contributed by atoms with E-state index in [4.69, 9.17) is 17.3 Å². The molecule has 1 heterocycles. The van der Waals surface area contributed by atoms with Crippen LogP contribution in [0.15, 0.2) is 24.3 Å². The summed E-state index contributed by atoms with van der Waals surface area (Å²) in [6.45, 7) is 6.05. The van der Waals surface area contributed by atoms with Gasteiger partial charge in [0.15, 0.2) is 0 Å². The van der Waals surface area contributed by atoms with Gasteiger partial charge in [-0.25, -0.2) is 4.98 Å². The van der Waals surface area contributed by atoms with Crippen LogP contribution in [0.25, 0.3) is 11.3 Å². The van der Waals surface area contributed by atoms with E-state index >= 15 is 0 Å². The molecule has 100 valence electrons. The van der Waals surface area contributed by atoms with Crippen molar-refractivity contribution in [3.63, 3.8) is 0 Å². The highest BCUT2D eigenvalue weighted by atomic mass is 35.5. The Labute approximate surface area is 118 Å². The minimum Gasteiger partial charge on any atom is -0.368 e. The molecule has 4 nitrogen and oxygen atoms in total. The Hall–Kier alpha value is -1.81. The summed E-state index contributed by atoms with van der Waals surface area (Å²) in [7, 11) is 0. The SMILES string of the molecule is Cc1c(Cl)cccc1-c1cc(NC(C)C)nc(N)n1. The van der Waals surface area contributed by atoms with Crippen LogP contribution < -0.4 is 11.1 Å². The maximum atomic E-state index is 6.14. The maximum Gasteiger partial charge on any atom is 0.222 e. The number of hydrogen-bond acceptors (Lipinski definition) is 4. The molecule has 0 atom stereocenters. The van der Waals surface area contributed by atoms with Crippen LogP contribution >= 0.6 is 11.6 Å². The average Bonchev–Trinajstić information content (AvgIpc) is 2.31. The van der Waals surface area contributed by atoms with E-state index in [0.29, 0.717) is 5.02 Å². The number of anilines is 2. The van der Waals surface area contributed by atoms with Crippen LogP contribution in [0.5, 0.6) is 0 Å². The van der Waals surface area contributed by atoms with Gasteiger partial charge < -0.3 is 11.1 Å². The molecule has 3 N–H and O–H groups in total. The zero-order chi connectivity index (χ0) is 14.0. The summed E-state index contributed by atoms with van der Waals surface area (Å²) >= 11 is 6.14. The van der Waals surface area contributed by atoms with Crippen molar-refractivity contribution in [2.75, 3.05) is 11.1 Å². The predicted molar refractivity (Wildman–Crippen MR) is 80.4 cm³/mol. The van der Waals surface area contributed by atoms with Gasteiger partial charge in [0.25, 0.3) is 0 Å². The van der Waals surface area contributed by atoms with Crippen LogP contribution in [0.4, 0.5) is 11.8 Å². The normalized spacial score (nSPS) is 10.8. The van der Waals surface area contributed by atoms with Gasteiger partial charge >= 0.3 is 0 Å². The lowest BCUT2D eigenvalue weighted by molar-refractivity contribution is 0.888. The van der Waals surface area contributed by atoms with Gasteiger partial charge in [0.05, 0.1) is 5.69 Å². The third-order valence-corrected chi connectivity index (χ3v) is 3.13. The molecule has 0 amide bonds. The van der Waals surface area contributed by atoms with E-state index in [2.05, 4.69) is 15.3 Å². The number of nitrogen functional groups attached to an aromatic ring is 1. The van der Waals surface area contributed by atoms with Crippen molar-refractivity contribution >= 4 is 23.4 Å². The molecule has 2 aromatic rings. The fourth-order valence-corrected chi connectivity index (χ4v) is 2.03. The van der Waals surface area contributed by atoms with Crippen LogP contribution in [0, 0.1) is 6.92 Å². The molecule has 0 unspecified atom stereocenters. The Bertz CT molecular complexity index is 596. The fraction of sp³-hybridized carbons (Fsp3) is 0.286. The Morgan fingerprint density at radius 3 is 2.68 bits per heavy atom. The van der Waals surface area contributed by atoms with Crippen LogP contribution in [0.3, 0.4) is 0 Å². The van der Waals surface area contributed by atoms with Crippen LogP contribution in [0.1, 0.15) is 19.4 Å². The molecule has 0 radical (unpaired) electrons. The second-order valence-corrected chi connectivity index (χ2v) is 5.12. The highest BCUT2D eigenvalue weighted by molar-refractivity contribution is 6.31. The Morgan fingerprint density at radius 2 is 2.00 bits per heavy atom. The van der Waals surface area contributed by atoms with Gasteiger partial charge in [-0.1, -0.05) is 23.7 Å². The molecule has 19 heavy (non-hydrogen) atoms. The van der Waals surface area contributed by atoms with E-state index in [-0.39, 0.29) is 12.0 Å². The first kappa shape index (κ1) is 13.6. The Morgan fingerprint density at radius 1 is 1.26 bits per heavy atom. The number of nitrogens with two attached hydrogens (primary N) is 1. The number of aromatic nitrogens is 2. The quantitative estimate of drug-likeness (QED) is 0.900. The smallest absolute Gasteiger partial charge is 0.222 e. The molecule has 0 bridgehead atoms. The first-order chi connectivity index (χ1) is 8.97. The number of rotatable bonds is 3. The molecular weight excluding hydrogens is 260 g/mol. The van der Waals surface area contributed by atoms with Gasteiger partial charge in [-0.2, -0.15) is 4.98 Å². The van der Waals surface area contributed by atoms with Crippen LogP contribution in [0.2, 0.25) is 5.02 Å². The van der Waals surface area contributed by atoms with E-state index < -0.39 is 0 Å². The molecule has 2 rings (SSSR count). The second kappa shape index (κ2) is 5.45. The van der Waals surface area contributed by atoms with Gasteiger partial charge in [0.1, 0.15) is 5.82 Å². The van der Waals surface area contributed by atoms with Gasteiger partial charge in [-0.15, -0.1) is 0 Å². The summed E-state index contributed by atoms with van der Waals surface area (Å²) in [6.07, 6.45) is 0. The highest BCUT2D eigenvalue weighted by Crippen LogP contribution is 2.28. The first-order valence-corrected chi connectivity index (χ1v) is 6.51. The number of benzene rings is 1. The zero-order valence-electron chi connectivity index (χ0n) is 11.2. The molecule has 0 saturated carbocycles. The molecule has 1 aromatic carbocycles. The summed E-state index contributed by atoms with van der Waals surface area (Å²) in [6, 6.07) is 7.90. The zero-order valence-corrected chi connectivity index (χ0v) is 12.0. The van der Waals surface area contributed by atoms with Gasteiger partial charge in [-0.3, -0.25) is 0 Å². The molecule has 0 fully saturated rings. The number of nitrogens with one attached hydrogen (secondary N) is 1. The molecular formula is C14H17ClN4. The van der Waals surface area contributed by atoms with Gasteiger partial charge in [0.2, 0.25) is 5.95 Å². The molecule has 0 aliphatic rings. The van der Waals surface area contributed by atoms with E-state index in [9.17, 15) is 0 Å². The van der Waals surface area contributed by atoms with Crippen molar-refractivity contribution in [3.8, 4) is 11.3 Å². The van der Waals surface area contributed by atoms with Gasteiger partial charge in [0, 0.05) is 22.7 Å². The molecule has 0 saturated heterocycles.